The fourth-order valence-electron chi connectivity index (χ4n) is 1.23. The van der Waals surface area contributed by atoms with Crippen LogP contribution in [0, 0.1) is 11.8 Å². The fourth-order valence-corrected chi connectivity index (χ4v) is 1.23. The van der Waals surface area contributed by atoms with Gasteiger partial charge in [-0.3, -0.25) is 0 Å². The van der Waals surface area contributed by atoms with Crippen molar-refractivity contribution in [1.82, 2.24) is 0 Å². The Balaban J connectivity index is 2.70. The van der Waals surface area contributed by atoms with E-state index < -0.39 is 0 Å². The van der Waals surface area contributed by atoms with Gasteiger partial charge in [0.15, 0.2) is 0 Å². The highest BCUT2D eigenvalue weighted by molar-refractivity contribution is 5.46. The SMILES string of the molecule is C=CC1=C(C(=C)C#CCCO)OCC1. The molecule has 0 unspecified atom stereocenters. The molecule has 1 aliphatic rings. The average Bonchev–Trinajstić information content (AvgIpc) is 2.65. The summed E-state index contributed by atoms with van der Waals surface area (Å²) in [6.07, 6.45) is 3.12. The Morgan fingerprint density at radius 3 is 3.07 bits per heavy atom. The van der Waals surface area contributed by atoms with E-state index in [4.69, 9.17) is 9.84 Å². The Labute approximate surface area is 84.6 Å². The van der Waals surface area contributed by atoms with Crippen molar-refractivity contribution in [2.75, 3.05) is 13.2 Å². The van der Waals surface area contributed by atoms with E-state index in [9.17, 15) is 0 Å². The standard InChI is InChI=1S/C12H14O2/c1-3-11-7-9-14-12(11)10(2)6-4-5-8-13/h3,13H,1-2,5,7-9H2. The highest BCUT2D eigenvalue weighted by Crippen LogP contribution is 2.24. The summed E-state index contributed by atoms with van der Waals surface area (Å²) in [7, 11) is 0. The highest BCUT2D eigenvalue weighted by Gasteiger charge is 2.14. The van der Waals surface area contributed by atoms with E-state index in [1.165, 1.54) is 0 Å². The van der Waals surface area contributed by atoms with E-state index in [1.54, 1.807) is 6.08 Å². The molecule has 0 bridgehead atoms. The number of allylic oxidation sites excluding steroid dienone is 2. The molecule has 0 saturated heterocycles. The zero-order valence-electron chi connectivity index (χ0n) is 8.18. The van der Waals surface area contributed by atoms with Crippen molar-refractivity contribution in [2.24, 2.45) is 0 Å². The topological polar surface area (TPSA) is 29.5 Å². The first-order chi connectivity index (χ1) is 6.79. The van der Waals surface area contributed by atoms with Crippen molar-refractivity contribution in [3.63, 3.8) is 0 Å². The number of aliphatic hydroxyl groups is 1. The van der Waals surface area contributed by atoms with Crippen molar-refractivity contribution in [2.45, 2.75) is 12.8 Å². The van der Waals surface area contributed by atoms with Crippen molar-refractivity contribution in [3.8, 4) is 11.8 Å². The molecule has 0 aromatic carbocycles. The third kappa shape index (κ3) is 2.51. The smallest absolute Gasteiger partial charge is 0.137 e. The Bertz CT molecular complexity index is 326. The molecule has 0 atom stereocenters. The zero-order valence-corrected chi connectivity index (χ0v) is 8.18. The monoisotopic (exact) mass is 190 g/mol. The molecule has 1 N–H and O–H groups in total. The Morgan fingerprint density at radius 1 is 1.64 bits per heavy atom. The van der Waals surface area contributed by atoms with Crippen LogP contribution in [0.15, 0.2) is 36.1 Å². The van der Waals surface area contributed by atoms with Crippen LogP contribution in [0.3, 0.4) is 0 Å². The normalized spacial score (nSPS) is 14.4. The molecule has 1 aliphatic heterocycles. The molecule has 0 aromatic rings. The molecule has 2 nitrogen and oxygen atoms in total. The van der Waals surface area contributed by atoms with E-state index >= 15 is 0 Å². The maximum Gasteiger partial charge on any atom is 0.137 e. The average molecular weight is 190 g/mol. The van der Waals surface area contributed by atoms with Gasteiger partial charge < -0.3 is 9.84 Å². The second-order valence-electron chi connectivity index (χ2n) is 2.91. The number of aliphatic hydroxyl groups excluding tert-OH is 1. The van der Waals surface area contributed by atoms with Gasteiger partial charge in [0.05, 0.1) is 18.8 Å². The fraction of sp³-hybridized carbons (Fsp3) is 0.333. The first kappa shape index (κ1) is 10.6. The van der Waals surface area contributed by atoms with E-state index in [-0.39, 0.29) is 6.61 Å². The summed E-state index contributed by atoms with van der Waals surface area (Å²) in [5.74, 6) is 6.42. The lowest BCUT2D eigenvalue weighted by molar-refractivity contribution is 0.254. The number of hydrogen-bond donors (Lipinski definition) is 1. The molecular formula is C12H14O2. The number of rotatable bonds is 3. The molecule has 74 valence electrons. The summed E-state index contributed by atoms with van der Waals surface area (Å²) in [5.41, 5.74) is 1.74. The minimum atomic E-state index is 0.0779. The van der Waals surface area contributed by atoms with Crippen LogP contribution in [0.1, 0.15) is 12.8 Å². The molecule has 0 radical (unpaired) electrons. The second kappa shape index (κ2) is 5.31. The van der Waals surface area contributed by atoms with Gasteiger partial charge in [-0.05, 0) is 5.57 Å². The molecule has 0 aromatic heterocycles. The van der Waals surface area contributed by atoms with Crippen LogP contribution in [0.2, 0.25) is 0 Å². The van der Waals surface area contributed by atoms with Crippen LogP contribution < -0.4 is 0 Å². The minimum absolute atomic E-state index is 0.0779. The van der Waals surface area contributed by atoms with Gasteiger partial charge in [0.2, 0.25) is 0 Å². The third-order valence-corrected chi connectivity index (χ3v) is 1.91. The van der Waals surface area contributed by atoms with Crippen LogP contribution in [0.5, 0.6) is 0 Å². The van der Waals surface area contributed by atoms with Crippen LogP contribution in [0.25, 0.3) is 0 Å². The molecule has 0 spiro atoms. The molecule has 14 heavy (non-hydrogen) atoms. The Morgan fingerprint density at radius 2 is 2.43 bits per heavy atom. The lowest BCUT2D eigenvalue weighted by Crippen LogP contribution is -1.88. The van der Waals surface area contributed by atoms with Gasteiger partial charge in [0.1, 0.15) is 5.76 Å². The predicted octanol–water partition coefficient (Wildman–Crippen LogP) is 1.79. The molecule has 2 heteroatoms. The van der Waals surface area contributed by atoms with Crippen LogP contribution in [0.4, 0.5) is 0 Å². The van der Waals surface area contributed by atoms with E-state index in [0.29, 0.717) is 18.6 Å². The van der Waals surface area contributed by atoms with Crippen molar-refractivity contribution in [3.05, 3.63) is 36.1 Å². The Kier molecular flexibility index (Phi) is 4.03. The summed E-state index contributed by atoms with van der Waals surface area (Å²) in [4.78, 5) is 0. The Hall–Kier alpha value is -1.46. The van der Waals surface area contributed by atoms with E-state index in [1.807, 2.05) is 0 Å². The molecule has 0 fully saturated rings. The summed E-state index contributed by atoms with van der Waals surface area (Å²) >= 11 is 0. The largest absolute Gasteiger partial charge is 0.492 e. The van der Waals surface area contributed by atoms with Crippen LogP contribution in [-0.2, 0) is 4.74 Å². The lowest BCUT2D eigenvalue weighted by Gasteiger charge is -2.01. The summed E-state index contributed by atoms with van der Waals surface area (Å²) in [6.45, 7) is 8.28. The van der Waals surface area contributed by atoms with Crippen molar-refractivity contribution in [1.29, 1.82) is 0 Å². The van der Waals surface area contributed by atoms with Gasteiger partial charge in [-0.2, -0.15) is 0 Å². The molecule has 0 saturated carbocycles. The van der Waals surface area contributed by atoms with Crippen molar-refractivity contribution < 1.29 is 9.84 Å². The van der Waals surface area contributed by atoms with Crippen molar-refractivity contribution >= 4 is 0 Å². The lowest BCUT2D eigenvalue weighted by atomic mass is 10.1. The first-order valence-corrected chi connectivity index (χ1v) is 4.57. The van der Waals surface area contributed by atoms with Gasteiger partial charge in [-0.15, -0.1) is 0 Å². The summed E-state index contributed by atoms with van der Waals surface area (Å²) < 4.78 is 5.39. The van der Waals surface area contributed by atoms with E-state index in [0.717, 1.165) is 17.8 Å². The van der Waals surface area contributed by atoms with Gasteiger partial charge in [0.25, 0.3) is 0 Å². The second-order valence-corrected chi connectivity index (χ2v) is 2.91. The third-order valence-electron chi connectivity index (χ3n) is 1.91. The number of ether oxygens (including phenoxy) is 1. The van der Waals surface area contributed by atoms with Gasteiger partial charge >= 0.3 is 0 Å². The van der Waals surface area contributed by atoms with Gasteiger partial charge in [-0.1, -0.05) is 31.1 Å². The van der Waals surface area contributed by atoms with Crippen LogP contribution in [-0.4, -0.2) is 18.3 Å². The molecule has 0 amide bonds. The van der Waals surface area contributed by atoms with Gasteiger partial charge in [-0.25, -0.2) is 0 Å². The molecule has 1 rings (SSSR count). The molecule has 0 aliphatic carbocycles. The van der Waals surface area contributed by atoms with Crippen LogP contribution >= 0.6 is 0 Å². The summed E-state index contributed by atoms with van der Waals surface area (Å²) in [6, 6.07) is 0. The quantitative estimate of drug-likeness (QED) is 0.687. The predicted molar refractivity (Wildman–Crippen MR) is 56.4 cm³/mol. The van der Waals surface area contributed by atoms with Gasteiger partial charge in [0, 0.05) is 12.8 Å². The maximum absolute atomic E-state index is 8.55. The maximum atomic E-state index is 8.55. The van der Waals surface area contributed by atoms with E-state index in [2.05, 4.69) is 25.0 Å². The first-order valence-electron chi connectivity index (χ1n) is 4.57. The number of hydrogen-bond acceptors (Lipinski definition) is 2. The highest BCUT2D eigenvalue weighted by atomic mass is 16.5. The minimum Gasteiger partial charge on any atom is -0.492 e. The molecule has 1 heterocycles. The molecular weight excluding hydrogens is 176 g/mol. The zero-order chi connectivity index (χ0) is 10.4. The summed E-state index contributed by atoms with van der Waals surface area (Å²) in [5, 5.41) is 8.55.